The first kappa shape index (κ1) is 19.0. The van der Waals surface area contributed by atoms with Crippen LogP contribution in [0.15, 0.2) is 54.6 Å². The van der Waals surface area contributed by atoms with Crippen molar-refractivity contribution in [3.8, 4) is 5.75 Å². The molecule has 134 valence electrons. The highest BCUT2D eigenvalue weighted by atomic mass is 16.5. The Labute approximate surface area is 150 Å². The van der Waals surface area contributed by atoms with E-state index in [4.69, 9.17) is 4.74 Å². The van der Waals surface area contributed by atoms with Gasteiger partial charge >= 0.3 is 0 Å². The summed E-state index contributed by atoms with van der Waals surface area (Å²) in [4.78, 5) is 14.0. The lowest BCUT2D eigenvalue weighted by atomic mass is 10.0. The van der Waals surface area contributed by atoms with Crippen LogP contribution in [0.4, 0.5) is 0 Å². The van der Waals surface area contributed by atoms with Crippen LogP contribution < -0.4 is 4.74 Å². The van der Waals surface area contributed by atoms with E-state index in [1.807, 2.05) is 61.5 Å². The summed E-state index contributed by atoms with van der Waals surface area (Å²) >= 11 is 0. The quantitative estimate of drug-likeness (QED) is 0.834. The van der Waals surface area contributed by atoms with Gasteiger partial charge in [-0.2, -0.15) is 0 Å². The number of aliphatic hydroxyl groups excluding tert-OH is 1. The summed E-state index contributed by atoms with van der Waals surface area (Å²) in [7, 11) is 1.69. The third-order valence-electron chi connectivity index (χ3n) is 4.49. The largest absolute Gasteiger partial charge is 0.483 e. The molecule has 2 aromatic rings. The van der Waals surface area contributed by atoms with E-state index in [1.165, 1.54) is 4.90 Å². The number of carbonyl (C=O) groups is 1. The second kappa shape index (κ2) is 8.67. The number of aliphatic hydroxyl groups is 1. The second-order valence-corrected chi connectivity index (χ2v) is 6.58. The number of para-hydroxylation sites is 1. The SMILES string of the molecule is CC(C)c1ccccc1OCC(=O)N(C)C(C)C(O)c1ccccc1. The lowest BCUT2D eigenvalue weighted by Gasteiger charge is -2.29. The minimum atomic E-state index is -0.738. The summed E-state index contributed by atoms with van der Waals surface area (Å²) in [5.74, 6) is 0.888. The van der Waals surface area contributed by atoms with Gasteiger partial charge in [-0.3, -0.25) is 4.79 Å². The minimum absolute atomic E-state index is 0.0495. The number of benzene rings is 2. The Morgan fingerprint density at radius 2 is 1.64 bits per heavy atom. The molecule has 0 aromatic heterocycles. The Hall–Kier alpha value is -2.33. The molecule has 2 aromatic carbocycles. The van der Waals surface area contributed by atoms with Gasteiger partial charge in [0.1, 0.15) is 5.75 Å². The van der Waals surface area contributed by atoms with Gasteiger partial charge < -0.3 is 14.7 Å². The number of carbonyl (C=O) groups excluding carboxylic acids is 1. The summed E-state index contributed by atoms with van der Waals surface area (Å²) in [5, 5.41) is 10.5. The zero-order valence-corrected chi connectivity index (χ0v) is 15.3. The van der Waals surface area contributed by atoms with Crippen LogP contribution in [0, 0.1) is 0 Å². The summed E-state index contributed by atoms with van der Waals surface area (Å²) in [6.07, 6.45) is -0.738. The van der Waals surface area contributed by atoms with E-state index in [2.05, 4.69) is 13.8 Å². The van der Waals surface area contributed by atoms with Crippen molar-refractivity contribution >= 4 is 5.91 Å². The van der Waals surface area contributed by atoms with Gasteiger partial charge in [0.2, 0.25) is 0 Å². The molecule has 0 aliphatic heterocycles. The van der Waals surface area contributed by atoms with Crippen LogP contribution in [0.25, 0.3) is 0 Å². The fraction of sp³-hybridized carbons (Fsp3) is 0.381. The van der Waals surface area contributed by atoms with Crippen molar-refractivity contribution in [3.63, 3.8) is 0 Å². The van der Waals surface area contributed by atoms with Crippen molar-refractivity contribution in [1.29, 1.82) is 0 Å². The molecule has 0 bridgehead atoms. The second-order valence-electron chi connectivity index (χ2n) is 6.58. The van der Waals surface area contributed by atoms with E-state index in [9.17, 15) is 9.90 Å². The Bertz CT molecular complexity index is 685. The van der Waals surface area contributed by atoms with E-state index >= 15 is 0 Å². The molecular weight excluding hydrogens is 314 g/mol. The highest BCUT2D eigenvalue weighted by Crippen LogP contribution is 2.26. The maximum Gasteiger partial charge on any atom is 0.260 e. The highest BCUT2D eigenvalue weighted by molar-refractivity contribution is 5.78. The molecule has 0 aliphatic carbocycles. The molecule has 0 heterocycles. The molecule has 4 heteroatoms. The minimum Gasteiger partial charge on any atom is -0.483 e. The van der Waals surface area contributed by atoms with Crippen LogP contribution in [-0.4, -0.2) is 35.6 Å². The van der Waals surface area contributed by atoms with Gasteiger partial charge in [-0.15, -0.1) is 0 Å². The van der Waals surface area contributed by atoms with Gasteiger partial charge in [-0.05, 0) is 30.0 Å². The van der Waals surface area contributed by atoms with E-state index in [1.54, 1.807) is 7.05 Å². The molecule has 2 atom stereocenters. The van der Waals surface area contributed by atoms with Crippen LogP contribution in [-0.2, 0) is 4.79 Å². The topological polar surface area (TPSA) is 49.8 Å². The molecule has 2 unspecified atom stereocenters. The van der Waals surface area contributed by atoms with Gasteiger partial charge in [0.05, 0.1) is 12.1 Å². The van der Waals surface area contributed by atoms with Crippen LogP contribution >= 0.6 is 0 Å². The van der Waals surface area contributed by atoms with Gasteiger partial charge in [0, 0.05) is 7.05 Å². The highest BCUT2D eigenvalue weighted by Gasteiger charge is 2.24. The van der Waals surface area contributed by atoms with Gasteiger partial charge in [0.25, 0.3) is 5.91 Å². The molecular formula is C21H27NO3. The number of amides is 1. The average Bonchev–Trinajstić information content (AvgIpc) is 2.65. The summed E-state index contributed by atoms with van der Waals surface area (Å²) < 4.78 is 5.74. The van der Waals surface area contributed by atoms with Gasteiger partial charge in [0.15, 0.2) is 6.61 Å². The molecule has 25 heavy (non-hydrogen) atoms. The molecule has 0 fully saturated rings. The van der Waals surface area contributed by atoms with Crippen molar-refractivity contribution in [2.45, 2.75) is 38.8 Å². The fourth-order valence-electron chi connectivity index (χ4n) is 2.70. The zero-order chi connectivity index (χ0) is 18.4. The van der Waals surface area contributed by atoms with Crippen LogP contribution in [0.1, 0.15) is 43.9 Å². The van der Waals surface area contributed by atoms with E-state index in [-0.39, 0.29) is 18.6 Å². The van der Waals surface area contributed by atoms with Crippen LogP contribution in [0.5, 0.6) is 5.75 Å². The first-order chi connectivity index (χ1) is 11.9. The van der Waals surface area contributed by atoms with Gasteiger partial charge in [-0.1, -0.05) is 62.4 Å². The summed E-state index contributed by atoms with van der Waals surface area (Å²) in [6, 6.07) is 16.8. The monoisotopic (exact) mass is 341 g/mol. The van der Waals surface area contributed by atoms with Crippen LogP contribution in [0.2, 0.25) is 0 Å². The summed E-state index contributed by atoms with van der Waals surface area (Å²) in [5.41, 5.74) is 1.87. The number of nitrogens with zero attached hydrogens (tertiary/aromatic N) is 1. The van der Waals surface area contributed by atoms with Crippen LogP contribution in [0.3, 0.4) is 0 Å². The van der Waals surface area contributed by atoms with E-state index in [0.29, 0.717) is 5.92 Å². The van der Waals surface area contributed by atoms with Crippen molar-refractivity contribution in [3.05, 3.63) is 65.7 Å². The molecule has 2 rings (SSSR count). The molecule has 0 radical (unpaired) electrons. The maximum absolute atomic E-state index is 12.5. The zero-order valence-electron chi connectivity index (χ0n) is 15.3. The first-order valence-corrected chi connectivity index (χ1v) is 8.62. The standard InChI is InChI=1S/C21H27NO3/c1-15(2)18-12-8-9-13-19(18)25-14-20(23)22(4)16(3)21(24)17-10-6-5-7-11-17/h5-13,15-16,21,24H,14H2,1-4H3. The molecule has 1 amide bonds. The Morgan fingerprint density at radius 1 is 1.04 bits per heavy atom. The molecule has 4 nitrogen and oxygen atoms in total. The average molecular weight is 341 g/mol. The molecule has 0 saturated heterocycles. The normalized spacial score (nSPS) is 13.4. The van der Waals surface area contributed by atoms with Crippen molar-refractivity contribution in [2.75, 3.05) is 13.7 Å². The maximum atomic E-state index is 12.5. The Kier molecular flexibility index (Phi) is 6.59. The van der Waals surface area contributed by atoms with Crippen molar-refractivity contribution in [2.24, 2.45) is 0 Å². The van der Waals surface area contributed by atoms with E-state index < -0.39 is 6.10 Å². The van der Waals surface area contributed by atoms with Crippen molar-refractivity contribution < 1.29 is 14.6 Å². The third kappa shape index (κ3) is 4.83. The number of rotatable bonds is 7. The fourth-order valence-corrected chi connectivity index (χ4v) is 2.70. The molecule has 1 N–H and O–H groups in total. The smallest absolute Gasteiger partial charge is 0.260 e. The van der Waals surface area contributed by atoms with E-state index in [0.717, 1.165) is 16.9 Å². The summed E-state index contributed by atoms with van der Waals surface area (Å²) in [6.45, 7) is 5.96. The number of ether oxygens (including phenoxy) is 1. The Balaban J connectivity index is 1.98. The van der Waals surface area contributed by atoms with Crippen molar-refractivity contribution in [1.82, 2.24) is 4.90 Å². The molecule has 0 saturated carbocycles. The molecule has 0 aliphatic rings. The number of likely N-dealkylation sites (N-methyl/N-ethyl adjacent to an activating group) is 1. The first-order valence-electron chi connectivity index (χ1n) is 8.62. The third-order valence-corrected chi connectivity index (χ3v) is 4.49. The molecule has 0 spiro atoms. The Morgan fingerprint density at radius 3 is 2.28 bits per heavy atom. The van der Waals surface area contributed by atoms with Gasteiger partial charge in [-0.25, -0.2) is 0 Å². The predicted octanol–water partition coefficient (Wildman–Crippen LogP) is 3.77. The predicted molar refractivity (Wildman–Crippen MR) is 99.7 cm³/mol. The lowest BCUT2D eigenvalue weighted by Crippen LogP contribution is -2.41. The number of hydrogen-bond donors (Lipinski definition) is 1. The number of hydrogen-bond acceptors (Lipinski definition) is 3. The lowest BCUT2D eigenvalue weighted by molar-refractivity contribution is -0.136.